The summed E-state index contributed by atoms with van der Waals surface area (Å²) in [6, 6.07) is 1.83. The summed E-state index contributed by atoms with van der Waals surface area (Å²) in [7, 11) is 0. The molecule has 0 saturated heterocycles. The third-order valence-corrected chi connectivity index (χ3v) is 3.17. The number of carbonyl (C=O) groups excluding carboxylic acids is 1. The van der Waals surface area contributed by atoms with Crippen molar-refractivity contribution in [2.75, 3.05) is 6.54 Å². The van der Waals surface area contributed by atoms with Crippen LogP contribution in [0, 0.1) is 6.92 Å². The zero-order valence-corrected chi connectivity index (χ0v) is 10.5. The largest absolute Gasteiger partial charge is 0.349 e. The van der Waals surface area contributed by atoms with Crippen LogP contribution in [0.1, 0.15) is 16.1 Å². The first-order chi connectivity index (χ1) is 8.65. The van der Waals surface area contributed by atoms with Crippen LogP contribution in [-0.4, -0.2) is 27.0 Å². The number of hydrogen-bond donors (Lipinski definition) is 1. The van der Waals surface area contributed by atoms with Crippen LogP contribution >= 0.6 is 11.6 Å². The van der Waals surface area contributed by atoms with Crippen molar-refractivity contribution in [2.24, 2.45) is 0 Å². The van der Waals surface area contributed by atoms with Crippen LogP contribution in [0.5, 0.6) is 0 Å². The molecule has 18 heavy (non-hydrogen) atoms. The van der Waals surface area contributed by atoms with Gasteiger partial charge in [0.25, 0.3) is 5.91 Å². The average molecular weight is 263 g/mol. The molecule has 1 amide bonds. The van der Waals surface area contributed by atoms with Gasteiger partial charge in [-0.2, -0.15) is 0 Å². The molecule has 0 spiro atoms. The van der Waals surface area contributed by atoms with Gasteiger partial charge in [-0.05, 0) is 30.2 Å². The molecule has 0 saturated carbocycles. The monoisotopic (exact) mass is 262 g/mol. The molecule has 1 aliphatic rings. The van der Waals surface area contributed by atoms with Gasteiger partial charge in [-0.3, -0.25) is 4.79 Å². The Morgan fingerprint density at radius 1 is 1.50 bits per heavy atom. The maximum Gasteiger partial charge on any atom is 0.267 e. The number of halogens is 1. The minimum Gasteiger partial charge on any atom is -0.349 e. The molecule has 3 rings (SSSR count). The zero-order valence-electron chi connectivity index (χ0n) is 9.77. The standard InChI is InChI=1S/C12H11ClN4O/c1-7-5-15-12(13)16-10(7)8-4-9-11(18)14-2-3-17(9)6-8/h4-6H,2-3H2,1H3,(H,14,18). The number of fused-ring (bicyclic) bond motifs is 1. The van der Waals surface area contributed by atoms with E-state index in [0.29, 0.717) is 12.2 Å². The van der Waals surface area contributed by atoms with Crippen LogP contribution in [0.25, 0.3) is 11.3 Å². The molecule has 0 radical (unpaired) electrons. The predicted octanol–water partition coefficient (Wildman–Crippen LogP) is 1.65. The Hall–Kier alpha value is -1.88. The van der Waals surface area contributed by atoms with Crippen molar-refractivity contribution < 1.29 is 4.79 Å². The first kappa shape index (κ1) is 11.2. The van der Waals surface area contributed by atoms with Crippen LogP contribution < -0.4 is 5.32 Å². The van der Waals surface area contributed by atoms with E-state index in [1.165, 1.54) is 0 Å². The molecule has 6 heteroatoms. The topological polar surface area (TPSA) is 59.8 Å². The van der Waals surface area contributed by atoms with E-state index in [9.17, 15) is 4.79 Å². The molecule has 0 aliphatic carbocycles. The molecule has 0 unspecified atom stereocenters. The van der Waals surface area contributed by atoms with Crippen LogP contribution in [0.4, 0.5) is 0 Å². The first-order valence-electron chi connectivity index (χ1n) is 5.63. The van der Waals surface area contributed by atoms with Gasteiger partial charge in [-0.25, -0.2) is 9.97 Å². The molecule has 0 aromatic carbocycles. The van der Waals surface area contributed by atoms with Crippen molar-refractivity contribution in [3.63, 3.8) is 0 Å². The Morgan fingerprint density at radius 3 is 3.11 bits per heavy atom. The number of nitrogens with zero attached hydrogens (tertiary/aromatic N) is 3. The van der Waals surface area contributed by atoms with Gasteiger partial charge in [0.05, 0.1) is 5.69 Å². The molecule has 0 bridgehead atoms. The van der Waals surface area contributed by atoms with Crippen molar-refractivity contribution in [1.82, 2.24) is 19.9 Å². The van der Waals surface area contributed by atoms with Crippen LogP contribution in [-0.2, 0) is 6.54 Å². The fourth-order valence-electron chi connectivity index (χ4n) is 2.11. The average Bonchev–Trinajstić information content (AvgIpc) is 2.77. The number of nitrogens with one attached hydrogen (secondary N) is 1. The second-order valence-corrected chi connectivity index (χ2v) is 4.57. The molecule has 92 valence electrons. The van der Waals surface area contributed by atoms with E-state index in [2.05, 4.69) is 15.3 Å². The third kappa shape index (κ3) is 1.76. The number of hydrogen-bond acceptors (Lipinski definition) is 3. The quantitative estimate of drug-likeness (QED) is 0.795. The fraction of sp³-hybridized carbons (Fsp3) is 0.250. The minimum atomic E-state index is -0.0506. The summed E-state index contributed by atoms with van der Waals surface area (Å²) in [5.74, 6) is -0.0506. The molecule has 0 fully saturated rings. The number of amides is 1. The van der Waals surface area contributed by atoms with Gasteiger partial charge in [-0.15, -0.1) is 0 Å². The van der Waals surface area contributed by atoms with Gasteiger partial charge < -0.3 is 9.88 Å². The van der Waals surface area contributed by atoms with Gasteiger partial charge in [0, 0.05) is 31.0 Å². The smallest absolute Gasteiger partial charge is 0.267 e. The van der Waals surface area contributed by atoms with Gasteiger partial charge in [0.2, 0.25) is 5.28 Å². The highest BCUT2D eigenvalue weighted by molar-refractivity contribution is 6.28. The number of rotatable bonds is 1. The second kappa shape index (κ2) is 4.10. The lowest BCUT2D eigenvalue weighted by Gasteiger charge is -2.14. The van der Waals surface area contributed by atoms with Crippen molar-refractivity contribution in [3.05, 3.63) is 35.0 Å². The number of carbonyl (C=O) groups is 1. The first-order valence-corrected chi connectivity index (χ1v) is 6.01. The normalized spacial score (nSPS) is 14.2. The summed E-state index contributed by atoms with van der Waals surface area (Å²) in [6.45, 7) is 3.35. The van der Waals surface area contributed by atoms with E-state index >= 15 is 0 Å². The Morgan fingerprint density at radius 2 is 2.33 bits per heavy atom. The summed E-state index contributed by atoms with van der Waals surface area (Å²) in [5, 5.41) is 3.02. The van der Waals surface area contributed by atoms with Crippen molar-refractivity contribution in [3.8, 4) is 11.3 Å². The van der Waals surface area contributed by atoms with Gasteiger partial charge in [-0.1, -0.05) is 0 Å². The fourth-order valence-corrected chi connectivity index (χ4v) is 2.24. The molecular weight excluding hydrogens is 252 g/mol. The summed E-state index contributed by atoms with van der Waals surface area (Å²) < 4.78 is 1.93. The van der Waals surface area contributed by atoms with E-state index in [4.69, 9.17) is 11.6 Å². The number of aromatic nitrogens is 3. The van der Waals surface area contributed by atoms with E-state index in [0.717, 1.165) is 23.4 Å². The maximum absolute atomic E-state index is 11.7. The van der Waals surface area contributed by atoms with E-state index in [1.807, 2.05) is 23.8 Å². The van der Waals surface area contributed by atoms with E-state index < -0.39 is 0 Å². The summed E-state index contributed by atoms with van der Waals surface area (Å²) >= 11 is 5.81. The molecule has 2 aromatic heterocycles. The highest BCUT2D eigenvalue weighted by atomic mass is 35.5. The lowest BCUT2D eigenvalue weighted by atomic mass is 10.1. The molecule has 2 aromatic rings. The van der Waals surface area contributed by atoms with Crippen molar-refractivity contribution >= 4 is 17.5 Å². The van der Waals surface area contributed by atoms with Crippen LogP contribution in [0.15, 0.2) is 18.5 Å². The molecular formula is C12H11ClN4O. The Labute approximate surface area is 109 Å². The predicted molar refractivity (Wildman–Crippen MR) is 67.5 cm³/mol. The number of aryl methyl sites for hydroxylation is 1. The van der Waals surface area contributed by atoms with Crippen molar-refractivity contribution in [2.45, 2.75) is 13.5 Å². The van der Waals surface area contributed by atoms with Gasteiger partial charge >= 0.3 is 0 Å². The molecule has 0 atom stereocenters. The lowest BCUT2D eigenvalue weighted by molar-refractivity contribution is 0.0928. The third-order valence-electron chi connectivity index (χ3n) is 2.98. The molecule has 3 heterocycles. The van der Waals surface area contributed by atoms with Crippen LogP contribution in [0.3, 0.4) is 0 Å². The van der Waals surface area contributed by atoms with Gasteiger partial charge in [0.15, 0.2) is 0 Å². The molecule has 5 nitrogen and oxygen atoms in total. The highest BCUT2D eigenvalue weighted by Crippen LogP contribution is 2.25. The minimum absolute atomic E-state index is 0.0506. The van der Waals surface area contributed by atoms with E-state index in [1.54, 1.807) is 6.20 Å². The van der Waals surface area contributed by atoms with E-state index in [-0.39, 0.29) is 11.2 Å². The molecule has 1 aliphatic heterocycles. The van der Waals surface area contributed by atoms with Crippen molar-refractivity contribution in [1.29, 1.82) is 0 Å². The zero-order chi connectivity index (χ0) is 12.7. The summed E-state index contributed by atoms with van der Waals surface area (Å²) in [5.41, 5.74) is 3.25. The Balaban J connectivity index is 2.13. The summed E-state index contributed by atoms with van der Waals surface area (Å²) in [6.07, 6.45) is 3.61. The van der Waals surface area contributed by atoms with Crippen LogP contribution in [0.2, 0.25) is 5.28 Å². The molecule has 1 N–H and O–H groups in total. The Bertz CT molecular complexity index is 635. The second-order valence-electron chi connectivity index (χ2n) is 4.23. The highest BCUT2D eigenvalue weighted by Gasteiger charge is 2.19. The van der Waals surface area contributed by atoms with Gasteiger partial charge in [0.1, 0.15) is 5.69 Å². The SMILES string of the molecule is Cc1cnc(Cl)nc1-c1cc2n(c1)CCNC2=O. The lowest BCUT2D eigenvalue weighted by Crippen LogP contribution is -2.34. The Kier molecular flexibility index (Phi) is 2.56. The maximum atomic E-state index is 11.7. The summed E-state index contributed by atoms with van der Waals surface area (Å²) in [4.78, 5) is 19.8.